The number of fused-ring (bicyclic) bond motifs is 5. The van der Waals surface area contributed by atoms with Crippen molar-refractivity contribution in [3.63, 3.8) is 0 Å². The Morgan fingerprint density at radius 2 is 1.80 bits per heavy atom. The van der Waals surface area contributed by atoms with E-state index in [1.165, 1.54) is 0 Å². The SMILES string of the molecule is O=C(NC1c2ccccc2-c2c(-c3nc4ccncc4[nH]3)cccc21)c1c(Br)ncc2[nH]cnc12. The predicted molar refractivity (Wildman–Crippen MR) is 136 cm³/mol. The van der Waals surface area contributed by atoms with Crippen LogP contribution in [0.4, 0.5) is 0 Å². The molecule has 1 aliphatic carbocycles. The summed E-state index contributed by atoms with van der Waals surface area (Å²) in [7, 11) is 0. The van der Waals surface area contributed by atoms with Crippen LogP contribution in [0.5, 0.6) is 0 Å². The minimum atomic E-state index is -0.333. The van der Waals surface area contributed by atoms with Gasteiger partial charge < -0.3 is 15.3 Å². The summed E-state index contributed by atoms with van der Waals surface area (Å²) in [6, 6.07) is 15.8. The number of aromatic nitrogens is 6. The summed E-state index contributed by atoms with van der Waals surface area (Å²) in [6.45, 7) is 0. The van der Waals surface area contributed by atoms with Gasteiger partial charge in [-0.05, 0) is 44.3 Å². The number of hydrogen-bond acceptors (Lipinski definition) is 5. The van der Waals surface area contributed by atoms with Gasteiger partial charge >= 0.3 is 0 Å². The van der Waals surface area contributed by atoms with Crippen molar-refractivity contribution in [2.45, 2.75) is 6.04 Å². The number of imidazole rings is 2. The van der Waals surface area contributed by atoms with Crippen molar-refractivity contribution in [2.24, 2.45) is 0 Å². The van der Waals surface area contributed by atoms with Crippen molar-refractivity contribution in [1.29, 1.82) is 0 Å². The second-order valence-electron chi connectivity index (χ2n) is 8.33. The van der Waals surface area contributed by atoms with Crippen molar-refractivity contribution in [3.8, 4) is 22.5 Å². The standard InChI is InChI=1S/C26H16BrN7O/c27-24-21(23-19(11-29-24)30-12-31-23)26(35)34-22-14-5-2-1-4-13(14)20-15(22)6-3-7-16(20)25-32-17-8-9-28-10-18(17)33-25/h1-12,22H,(H,30,31)(H,32,33)(H,34,35). The van der Waals surface area contributed by atoms with Gasteiger partial charge in [0.05, 0.1) is 41.3 Å². The summed E-state index contributed by atoms with van der Waals surface area (Å²) < 4.78 is 0.450. The van der Waals surface area contributed by atoms with E-state index in [1.807, 2.05) is 24.3 Å². The molecular formula is C26H16BrN7O. The van der Waals surface area contributed by atoms with Gasteiger partial charge in [0.1, 0.15) is 21.5 Å². The molecule has 1 aliphatic rings. The van der Waals surface area contributed by atoms with Crippen LogP contribution in [0, 0.1) is 0 Å². The van der Waals surface area contributed by atoms with E-state index < -0.39 is 0 Å². The first kappa shape index (κ1) is 20.0. The molecule has 168 valence electrons. The minimum absolute atomic E-state index is 0.255. The molecule has 0 bridgehead atoms. The number of pyridine rings is 2. The normalized spacial score (nSPS) is 14.3. The van der Waals surface area contributed by atoms with Crippen LogP contribution in [0.3, 0.4) is 0 Å². The highest BCUT2D eigenvalue weighted by atomic mass is 79.9. The van der Waals surface area contributed by atoms with E-state index in [2.05, 4.69) is 70.4 Å². The maximum Gasteiger partial charge on any atom is 0.257 e. The molecule has 1 atom stereocenters. The molecule has 6 aromatic rings. The zero-order valence-corrected chi connectivity index (χ0v) is 19.7. The van der Waals surface area contributed by atoms with Crippen molar-refractivity contribution < 1.29 is 4.79 Å². The fourth-order valence-electron chi connectivity index (χ4n) is 4.88. The van der Waals surface area contributed by atoms with E-state index in [1.54, 1.807) is 24.9 Å². The number of amides is 1. The molecule has 3 N–H and O–H groups in total. The number of benzene rings is 2. The molecule has 8 nitrogen and oxygen atoms in total. The lowest BCUT2D eigenvalue weighted by atomic mass is 9.98. The van der Waals surface area contributed by atoms with Crippen LogP contribution >= 0.6 is 15.9 Å². The van der Waals surface area contributed by atoms with Gasteiger partial charge in [-0.15, -0.1) is 0 Å². The number of nitrogens with one attached hydrogen (secondary N) is 3. The molecule has 4 heterocycles. The van der Waals surface area contributed by atoms with Gasteiger partial charge in [-0.2, -0.15) is 0 Å². The number of carbonyl (C=O) groups excluding carboxylic acids is 1. The van der Waals surface area contributed by atoms with Crippen LogP contribution in [-0.2, 0) is 0 Å². The highest BCUT2D eigenvalue weighted by Gasteiger charge is 2.33. The Labute approximate surface area is 207 Å². The molecule has 1 amide bonds. The van der Waals surface area contributed by atoms with E-state index in [0.29, 0.717) is 21.2 Å². The average Bonchev–Trinajstić information content (AvgIpc) is 3.60. The van der Waals surface area contributed by atoms with E-state index in [0.717, 1.165) is 44.7 Å². The largest absolute Gasteiger partial charge is 0.343 e. The molecule has 0 saturated carbocycles. The third-order valence-corrected chi connectivity index (χ3v) is 7.01. The molecule has 4 aromatic heterocycles. The van der Waals surface area contributed by atoms with Gasteiger partial charge in [0, 0.05) is 11.8 Å². The van der Waals surface area contributed by atoms with Gasteiger partial charge in [0.2, 0.25) is 0 Å². The molecule has 0 saturated heterocycles. The maximum absolute atomic E-state index is 13.6. The molecular weight excluding hydrogens is 506 g/mol. The van der Waals surface area contributed by atoms with Gasteiger partial charge in [-0.3, -0.25) is 9.78 Å². The number of rotatable bonds is 3. The molecule has 0 fully saturated rings. The fraction of sp³-hybridized carbons (Fsp3) is 0.0385. The highest BCUT2D eigenvalue weighted by molar-refractivity contribution is 9.10. The third kappa shape index (κ3) is 3.01. The van der Waals surface area contributed by atoms with Gasteiger partial charge in [0.15, 0.2) is 0 Å². The maximum atomic E-state index is 13.6. The monoisotopic (exact) mass is 521 g/mol. The number of nitrogens with zero attached hydrogens (tertiary/aromatic N) is 4. The van der Waals surface area contributed by atoms with Crippen LogP contribution in [0.1, 0.15) is 27.5 Å². The topological polar surface area (TPSA) is 112 Å². The Kier molecular flexibility index (Phi) is 4.34. The minimum Gasteiger partial charge on any atom is -0.343 e. The van der Waals surface area contributed by atoms with Crippen LogP contribution in [0.2, 0.25) is 0 Å². The summed E-state index contributed by atoms with van der Waals surface area (Å²) in [5, 5.41) is 3.23. The summed E-state index contributed by atoms with van der Waals surface area (Å²) in [6.07, 6.45) is 6.72. The fourth-order valence-corrected chi connectivity index (χ4v) is 5.35. The average molecular weight is 522 g/mol. The molecule has 35 heavy (non-hydrogen) atoms. The Morgan fingerprint density at radius 3 is 2.71 bits per heavy atom. The second-order valence-corrected chi connectivity index (χ2v) is 9.08. The molecule has 7 rings (SSSR count). The number of halogens is 1. The summed E-state index contributed by atoms with van der Waals surface area (Å²) in [5.74, 6) is 0.509. The predicted octanol–water partition coefficient (Wildman–Crippen LogP) is 5.16. The number of hydrogen-bond donors (Lipinski definition) is 3. The van der Waals surface area contributed by atoms with Gasteiger partial charge in [-0.1, -0.05) is 42.5 Å². The molecule has 0 aliphatic heterocycles. The number of aromatic amines is 2. The van der Waals surface area contributed by atoms with Crippen LogP contribution < -0.4 is 5.32 Å². The Balaban J connectivity index is 1.37. The van der Waals surface area contributed by atoms with Gasteiger partial charge in [-0.25, -0.2) is 15.0 Å². The molecule has 0 spiro atoms. The third-order valence-electron chi connectivity index (χ3n) is 6.41. The summed E-state index contributed by atoms with van der Waals surface area (Å²) in [4.78, 5) is 37.6. The first-order valence-electron chi connectivity index (χ1n) is 11.0. The highest BCUT2D eigenvalue weighted by Crippen LogP contribution is 2.47. The van der Waals surface area contributed by atoms with Gasteiger partial charge in [0.25, 0.3) is 5.91 Å². The number of carbonyl (C=O) groups is 1. The van der Waals surface area contributed by atoms with Crippen molar-refractivity contribution in [3.05, 3.63) is 94.7 Å². The zero-order valence-electron chi connectivity index (χ0n) is 18.1. The van der Waals surface area contributed by atoms with Crippen LogP contribution in [0.15, 0.2) is 78.1 Å². The van der Waals surface area contributed by atoms with E-state index >= 15 is 0 Å². The lowest BCUT2D eigenvalue weighted by Crippen LogP contribution is -2.28. The van der Waals surface area contributed by atoms with E-state index in [4.69, 9.17) is 4.98 Å². The first-order chi connectivity index (χ1) is 17.2. The van der Waals surface area contributed by atoms with E-state index in [-0.39, 0.29) is 11.9 Å². The zero-order chi connectivity index (χ0) is 23.5. The second kappa shape index (κ2) is 7.57. The van der Waals surface area contributed by atoms with Crippen molar-refractivity contribution in [2.75, 3.05) is 0 Å². The quantitative estimate of drug-likeness (QED) is 0.278. The van der Waals surface area contributed by atoms with E-state index in [9.17, 15) is 4.79 Å². The summed E-state index contributed by atoms with van der Waals surface area (Å²) >= 11 is 3.43. The van der Waals surface area contributed by atoms with Crippen molar-refractivity contribution in [1.82, 2.24) is 35.2 Å². The Bertz CT molecular complexity index is 1750. The Hall–Kier alpha value is -4.37. The summed E-state index contributed by atoms with van der Waals surface area (Å²) in [5.41, 5.74) is 8.53. The Morgan fingerprint density at radius 1 is 0.943 bits per heavy atom. The molecule has 1 unspecified atom stereocenters. The lowest BCUT2D eigenvalue weighted by molar-refractivity contribution is 0.0944. The lowest BCUT2D eigenvalue weighted by Gasteiger charge is -2.17. The molecule has 9 heteroatoms. The van der Waals surface area contributed by atoms with Crippen LogP contribution in [0.25, 0.3) is 44.6 Å². The molecule has 0 radical (unpaired) electrons. The van der Waals surface area contributed by atoms with Crippen molar-refractivity contribution >= 4 is 43.9 Å². The number of H-pyrrole nitrogens is 2. The van der Waals surface area contributed by atoms with Crippen LogP contribution in [-0.4, -0.2) is 35.8 Å². The first-order valence-corrected chi connectivity index (χ1v) is 11.8. The smallest absolute Gasteiger partial charge is 0.257 e. The molecule has 2 aromatic carbocycles.